The Balaban J connectivity index is 1.83. The number of hydrogen-bond donors (Lipinski definition) is 1. The minimum Gasteiger partial charge on any atom is -0.494 e. The highest BCUT2D eigenvalue weighted by atomic mass is 35.5. The Morgan fingerprint density at radius 3 is 2.57 bits per heavy atom. The Kier molecular flexibility index (Phi) is 9.81. The van der Waals surface area contributed by atoms with Gasteiger partial charge in [-0.05, 0) is 48.4 Å². The third-order valence-corrected chi connectivity index (χ3v) is 6.42. The first-order chi connectivity index (χ1) is 14.3. The van der Waals surface area contributed by atoms with Crippen LogP contribution in [0.1, 0.15) is 18.9 Å². The number of amides is 1. The quantitative estimate of drug-likeness (QED) is 0.475. The lowest BCUT2D eigenvalue weighted by Crippen LogP contribution is -2.41. The molecular formula is C21H27ClN2O4S2. The molecule has 9 heteroatoms. The predicted octanol–water partition coefficient (Wildman–Crippen LogP) is 3.94. The molecule has 0 aliphatic carbocycles. The van der Waals surface area contributed by atoms with E-state index in [1.165, 1.54) is 0 Å². The van der Waals surface area contributed by atoms with Crippen LogP contribution in [-0.2, 0) is 20.6 Å². The van der Waals surface area contributed by atoms with Crippen molar-refractivity contribution < 1.29 is 17.9 Å². The summed E-state index contributed by atoms with van der Waals surface area (Å²) in [6.45, 7) is 2.78. The molecule has 2 rings (SSSR count). The monoisotopic (exact) mass is 470 g/mol. The van der Waals surface area contributed by atoms with Crippen molar-refractivity contribution in [2.45, 2.75) is 19.1 Å². The maximum atomic E-state index is 12.3. The molecule has 164 valence electrons. The van der Waals surface area contributed by atoms with E-state index in [0.29, 0.717) is 35.4 Å². The number of benzene rings is 2. The summed E-state index contributed by atoms with van der Waals surface area (Å²) in [6.07, 6.45) is 1.97. The molecule has 0 atom stereocenters. The summed E-state index contributed by atoms with van der Waals surface area (Å²) < 4.78 is 31.0. The number of thioether (sulfide) groups is 1. The first-order valence-corrected chi connectivity index (χ1v) is 13.0. The molecule has 0 radical (unpaired) electrons. The third kappa shape index (κ3) is 8.45. The molecule has 0 heterocycles. The molecule has 2 aromatic rings. The van der Waals surface area contributed by atoms with Gasteiger partial charge in [-0.25, -0.2) is 8.42 Å². The minimum absolute atomic E-state index is 0.271. The molecule has 0 saturated carbocycles. The number of carbonyl (C=O) groups is 1. The Morgan fingerprint density at radius 1 is 1.20 bits per heavy atom. The van der Waals surface area contributed by atoms with Crippen molar-refractivity contribution in [2.75, 3.05) is 36.0 Å². The Labute approximate surface area is 188 Å². The molecule has 6 nitrogen and oxygen atoms in total. The second kappa shape index (κ2) is 12.1. The van der Waals surface area contributed by atoms with E-state index in [1.54, 1.807) is 36.0 Å². The van der Waals surface area contributed by atoms with Gasteiger partial charge in [-0.15, -0.1) is 0 Å². The second-order valence-electron chi connectivity index (χ2n) is 6.64. The molecule has 2 aromatic carbocycles. The van der Waals surface area contributed by atoms with Crippen LogP contribution < -0.4 is 14.4 Å². The number of sulfonamides is 1. The van der Waals surface area contributed by atoms with Crippen molar-refractivity contribution in [1.29, 1.82) is 0 Å². The molecule has 0 fully saturated rings. The number of ether oxygens (including phenoxy) is 1. The van der Waals surface area contributed by atoms with Crippen LogP contribution in [-0.4, -0.2) is 46.0 Å². The van der Waals surface area contributed by atoms with Crippen LogP contribution in [0.3, 0.4) is 0 Å². The van der Waals surface area contributed by atoms with Gasteiger partial charge in [0, 0.05) is 23.1 Å². The molecule has 0 spiro atoms. The van der Waals surface area contributed by atoms with Gasteiger partial charge in [-0.2, -0.15) is 11.8 Å². The van der Waals surface area contributed by atoms with Crippen molar-refractivity contribution in [2.24, 2.45) is 0 Å². The van der Waals surface area contributed by atoms with E-state index in [1.807, 2.05) is 31.2 Å². The highest BCUT2D eigenvalue weighted by molar-refractivity contribution is 7.98. The van der Waals surface area contributed by atoms with Crippen LogP contribution in [0.4, 0.5) is 5.69 Å². The van der Waals surface area contributed by atoms with Gasteiger partial charge in [-0.1, -0.05) is 30.7 Å². The summed E-state index contributed by atoms with van der Waals surface area (Å²) in [7, 11) is -3.60. The Morgan fingerprint density at radius 2 is 1.93 bits per heavy atom. The highest BCUT2D eigenvalue weighted by Gasteiger charge is 2.20. The SMILES string of the molecule is CCCOc1ccc(N(CC(=O)NCCSCc2cccc(Cl)c2)S(C)(=O)=O)cc1. The number of halogens is 1. The fourth-order valence-electron chi connectivity index (χ4n) is 2.59. The molecule has 0 aliphatic heterocycles. The normalized spacial score (nSPS) is 11.2. The molecule has 0 aliphatic rings. The number of hydrogen-bond acceptors (Lipinski definition) is 5. The van der Waals surface area contributed by atoms with Gasteiger partial charge < -0.3 is 10.1 Å². The number of carbonyl (C=O) groups excluding carboxylic acids is 1. The van der Waals surface area contributed by atoms with Crippen molar-refractivity contribution >= 4 is 45.0 Å². The van der Waals surface area contributed by atoms with Gasteiger partial charge in [0.05, 0.1) is 18.6 Å². The minimum atomic E-state index is -3.60. The Bertz CT molecular complexity index is 921. The van der Waals surface area contributed by atoms with Crippen molar-refractivity contribution in [1.82, 2.24) is 5.32 Å². The summed E-state index contributed by atoms with van der Waals surface area (Å²) in [5, 5.41) is 3.48. The predicted molar refractivity (Wildman–Crippen MR) is 125 cm³/mol. The maximum Gasteiger partial charge on any atom is 0.240 e. The number of nitrogens with zero attached hydrogens (tertiary/aromatic N) is 1. The van der Waals surface area contributed by atoms with E-state index in [2.05, 4.69) is 5.32 Å². The summed E-state index contributed by atoms with van der Waals surface area (Å²) >= 11 is 7.63. The molecule has 30 heavy (non-hydrogen) atoms. The molecule has 1 amide bonds. The first-order valence-electron chi connectivity index (χ1n) is 9.59. The lowest BCUT2D eigenvalue weighted by molar-refractivity contribution is -0.119. The van der Waals surface area contributed by atoms with Gasteiger partial charge in [0.1, 0.15) is 12.3 Å². The zero-order valence-corrected chi connectivity index (χ0v) is 19.5. The van der Waals surface area contributed by atoms with Crippen LogP contribution in [0.5, 0.6) is 5.75 Å². The smallest absolute Gasteiger partial charge is 0.240 e. The van der Waals surface area contributed by atoms with Gasteiger partial charge in [0.25, 0.3) is 0 Å². The lowest BCUT2D eigenvalue weighted by Gasteiger charge is -2.22. The van der Waals surface area contributed by atoms with Crippen LogP contribution in [0.2, 0.25) is 5.02 Å². The van der Waals surface area contributed by atoms with E-state index in [0.717, 1.165) is 28.3 Å². The van der Waals surface area contributed by atoms with E-state index in [-0.39, 0.29) is 12.5 Å². The van der Waals surface area contributed by atoms with Gasteiger partial charge in [0.15, 0.2) is 0 Å². The topological polar surface area (TPSA) is 75.7 Å². The van der Waals surface area contributed by atoms with E-state index >= 15 is 0 Å². The van der Waals surface area contributed by atoms with E-state index in [9.17, 15) is 13.2 Å². The molecule has 0 bridgehead atoms. The fourth-order valence-corrected chi connectivity index (χ4v) is 4.47. The average molecular weight is 471 g/mol. The summed E-state index contributed by atoms with van der Waals surface area (Å²) in [5.74, 6) is 1.81. The third-order valence-electron chi connectivity index (χ3n) is 4.01. The van der Waals surface area contributed by atoms with Crippen molar-refractivity contribution in [3.63, 3.8) is 0 Å². The van der Waals surface area contributed by atoms with Crippen molar-refractivity contribution in [3.8, 4) is 5.75 Å². The maximum absolute atomic E-state index is 12.3. The van der Waals surface area contributed by atoms with Crippen LogP contribution >= 0.6 is 23.4 Å². The number of anilines is 1. The van der Waals surface area contributed by atoms with E-state index < -0.39 is 10.0 Å². The largest absolute Gasteiger partial charge is 0.494 e. The fraction of sp³-hybridized carbons (Fsp3) is 0.381. The zero-order valence-electron chi connectivity index (χ0n) is 17.1. The first kappa shape index (κ1) is 24.4. The second-order valence-corrected chi connectivity index (χ2v) is 10.1. The molecule has 0 aromatic heterocycles. The van der Waals surface area contributed by atoms with Crippen molar-refractivity contribution in [3.05, 3.63) is 59.1 Å². The van der Waals surface area contributed by atoms with Gasteiger partial charge in [0.2, 0.25) is 15.9 Å². The number of rotatable bonds is 12. The zero-order chi connectivity index (χ0) is 22.0. The van der Waals surface area contributed by atoms with Crippen LogP contribution in [0.15, 0.2) is 48.5 Å². The standard InChI is InChI=1S/C21H27ClN2O4S2/c1-3-12-28-20-9-7-19(8-10-20)24(30(2,26)27)15-21(25)23-11-13-29-16-17-5-4-6-18(22)14-17/h4-10,14H,3,11-13,15-16H2,1-2H3,(H,23,25). The van der Waals surface area contributed by atoms with Crippen LogP contribution in [0, 0.1) is 0 Å². The highest BCUT2D eigenvalue weighted by Crippen LogP contribution is 2.21. The molecule has 1 N–H and O–H groups in total. The van der Waals surface area contributed by atoms with Gasteiger partial charge in [-0.3, -0.25) is 9.10 Å². The average Bonchev–Trinajstić information content (AvgIpc) is 2.70. The van der Waals surface area contributed by atoms with Gasteiger partial charge >= 0.3 is 0 Å². The van der Waals surface area contributed by atoms with E-state index in [4.69, 9.17) is 16.3 Å². The number of nitrogens with one attached hydrogen (secondary N) is 1. The Hall–Kier alpha value is -1.90. The molecule has 0 unspecified atom stereocenters. The summed E-state index contributed by atoms with van der Waals surface area (Å²) in [6, 6.07) is 14.3. The summed E-state index contributed by atoms with van der Waals surface area (Å²) in [4.78, 5) is 12.3. The summed E-state index contributed by atoms with van der Waals surface area (Å²) in [5.41, 5.74) is 1.54. The van der Waals surface area contributed by atoms with Crippen LogP contribution in [0.25, 0.3) is 0 Å². The lowest BCUT2D eigenvalue weighted by atomic mass is 10.2. The molecular weight excluding hydrogens is 444 g/mol. The molecule has 0 saturated heterocycles.